The molecule has 1 aliphatic rings. The molecule has 0 spiro atoms. The third-order valence-electron chi connectivity index (χ3n) is 5.88. The van der Waals surface area contributed by atoms with Crippen LogP contribution in [0.15, 0.2) is 46.8 Å². The largest absolute Gasteiger partial charge is 0.492 e. The summed E-state index contributed by atoms with van der Waals surface area (Å²) in [6, 6.07) is 11.2. The molecule has 1 fully saturated rings. The van der Waals surface area contributed by atoms with E-state index in [-0.39, 0.29) is 5.43 Å². The number of hydrogen-bond donors (Lipinski definition) is 1. The minimum absolute atomic E-state index is 0.148. The van der Waals surface area contributed by atoms with Gasteiger partial charge in [-0.05, 0) is 63.3 Å². The number of allylic oxidation sites excluding steroid dienone is 1. The highest BCUT2D eigenvalue weighted by Crippen LogP contribution is 2.33. The maximum atomic E-state index is 13.2. The molecule has 176 valence electrons. The number of nitrogens with zero attached hydrogens (tertiary/aromatic N) is 3. The van der Waals surface area contributed by atoms with Gasteiger partial charge in [0, 0.05) is 11.5 Å². The van der Waals surface area contributed by atoms with Crippen LogP contribution in [0.4, 0.5) is 0 Å². The van der Waals surface area contributed by atoms with Crippen molar-refractivity contribution in [2.45, 2.75) is 40.2 Å². The second kappa shape index (κ2) is 9.14. The van der Waals surface area contributed by atoms with E-state index in [4.69, 9.17) is 31.2 Å². The Balaban J connectivity index is 1.56. The van der Waals surface area contributed by atoms with E-state index < -0.39 is 0 Å². The van der Waals surface area contributed by atoms with Crippen LogP contribution < -0.4 is 10.2 Å². The summed E-state index contributed by atoms with van der Waals surface area (Å²) in [5, 5.41) is 5.85. The number of aromatic nitrogens is 4. The topological polar surface area (TPSA) is 82.0 Å². The van der Waals surface area contributed by atoms with Gasteiger partial charge in [-0.3, -0.25) is 9.48 Å². The number of ether oxygens (including phenoxy) is 2. The normalized spacial score (nSPS) is 13.4. The Labute approximate surface area is 202 Å². The van der Waals surface area contributed by atoms with Crippen molar-refractivity contribution in [3.8, 4) is 5.75 Å². The third-order valence-corrected chi connectivity index (χ3v) is 6.17. The predicted octanol–water partition coefficient (Wildman–Crippen LogP) is 5.55. The predicted molar refractivity (Wildman–Crippen MR) is 134 cm³/mol. The Morgan fingerprint density at radius 1 is 1.24 bits per heavy atom. The quantitative estimate of drug-likeness (QED) is 0.336. The highest BCUT2D eigenvalue weighted by molar-refractivity contribution is 6.32. The summed E-state index contributed by atoms with van der Waals surface area (Å²) < 4.78 is 13.5. The van der Waals surface area contributed by atoms with Crippen molar-refractivity contribution >= 4 is 39.3 Å². The summed E-state index contributed by atoms with van der Waals surface area (Å²) in [4.78, 5) is 21.3. The van der Waals surface area contributed by atoms with Crippen molar-refractivity contribution in [1.29, 1.82) is 0 Å². The average Bonchev–Trinajstić information content (AvgIpc) is 3.57. The number of benzene rings is 2. The molecule has 8 heteroatoms. The zero-order valence-electron chi connectivity index (χ0n) is 19.5. The fourth-order valence-electron chi connectivity index (χ4n) is 3.98. The zero-order valence-corrected chi connectivity index (χ0v) is 20.3. The molecule has 1 N–H and O–H groups in total. The standard InChI is InChI=1S/C26H27ClN4O3/c1-4-33-26(15(2)3)24-25(32)17-7-5-6-8-21(17)31(30-24)13-23-28-19-11-18(27)22(12-20(19)29-23)34-14-16-9-10-16/h5-8,11-12,16H,4,9-10,13-14H2,1-3H3,(H,28,29). The first kappa shape index (κ1) is 22.5. The Bertz CT molecular complexity index is 1460. The molecule has 0 aliphatic heterocycles. The molecule has 0 atom stereocenters. The number of fused-ring (bicyclic) bond motifs is 2. The molecule has 1 aliphatic carbocycles. The Morgan fingerprint density at radius 3 is 2.76 bits per heavy atom. The molecule has 0 radical (unpaired) electrons. The fraction of sp³-hybridized carbons (Fsp3) is 0.346. The van der Waals surface area contributed by atoms with Crippen molar-refractivity contribution in [1.82, 2.24) is 19.7 Å². The van der Waals surface area contributed by atoms with Gasteiger partial charge in [0.2, 0.25) is 5.43 Å². The first-order valence-electron chi connectivity index (χ1n) is 11.6. The Morgan fingerprint density at radius 2 is 2.03 bits per heavy atom. The monoisotopic (exact) mass is 478 g/mol. The molecular formula is C26H27ClN4O3. The molecule has 1 saturated carbocycles. The van der Waals surface area contributed by atoms with Crippen molar-refractivity contribution in [3.63, 3.8) is 0 Å². The highest BCUT2D eigenvalue weighted by Gasteiger charge is 2.23. The lowest BCUT2D eigenvalue weighted by Gasteiger charge is -2.14. The number of halogens is 1. The van der Waals surface area contributed by atoms with E-state index in [0.29, 0.717) is 59.1 Å². The molecule has 2 aromatic heterocycles. The van der Waals surface area contributed by atoms with Crippen molar-refractivity contribution in [2.24, 2.45) is 5.92 Å². The van der Waals surface area contributed by atoms with Gasteiger partial charge >= 0.3 is 0 Å². The van der Waals surface area contributed by atoms with Crippen LogP contribution >= 0.6 is 11.6 Å². The van der Waals surface area contributed by atoms with Crippen LogP contribution in [0.2, 0.25) is 5.02 Å². The van der Waals surface area contributed by atoms with Crippen LogP contribution in [-0.4, -0.2) is 33.0 Å². The summed E-state index contributed by atoms with van der Waals surface area (Å²) in [6.45, 7) is 7.20. The van der Waals surface area contributed by atoms with E-state index in [9.17, 15) is 4.79 Å². The fourth-order valence-corrected chi connectivity index (χ4v) is 4.20. The highest BCUT2D eigenvalue weighted by atomic mass is 35.5. The van der Waals surface area contributed by atoms with Gasteiger partial charge in [-0.25, -0.2) is 4.98 Å². The summed E-state index contributed by atoms with van der Waals surface area (Å²) in [5.74, 6) is 2.50. The molecule has 0 amide bonds. The lowest BCUT2D eigenvalue weighted by atomic mass is 10.1. The zero-order chi connectivity index (χ0) is 23.8. The van der Waals surface area contributed by atoms with E-state index in [0.717, 1.165) is 22.1 Å². The first-order chi connectivity index (χ1) is 16.4. The van der Waals surface area contributed by atoms with Gasteiger partial charge in [0.05, 0.1) is 41.3 Å². The lowest BCUT2D eigenvalue weighted by Crippen LogP contribution is -2.21. The molecule has 2 aromatic carbocycles. The van der Waals surface area contributed by atoms with Gasteiger partial charge in [0.15, 0.2) is 5.69 Å². The number of aromatic amines is 1. The summed E-state index contributed by atoms with van der Waals surface area (Å²) in [6.07, 6.45) is 2.43. The second-order valence-electron chi connectivity index (χ2n) is 8.85. The molecule has 0 saturated heterocycles. The van der Waals surface area contributed by atoms with Gasteiger partial charge in [-0.15, -0.1) is 0 Å². The van der Waals surface area contributed by atoms with Crippen molar-refractivity contribution in [3.05, 3.63) is 68.7 Å². The minimum Gasteiger partial charge on any atom is -0.492 e. The van der Waals surface area contributed by atoms with Gasteiger partial charge in [-0.1, -0.05) is 23.7 Å². The van der Waals surface area contributed by atoms with Crippen molar-refractivity contribution < 1.29 is 9.47 Å². The number of para-hydroxylation sites is 1. The summed E-state index contributed by atoms with van der Waals surface area (Å²) in [7, 11) is 0. The van der Waals surface area contributed by atoms with E-state index in [1.54, 1.807) is 4.68 Å². The molecule has 0 unspecified atom stereocenters. The van der Waals surface area contributed by atoms with E-state index in [1.807, 2.05) is 57.2 Å². The van der Waals surface area contributed by atoms with E-state index >= 15 is 0 Å². The Hall–Kier alpha value is -3.32. The maximum absolute atomic E-state index is 13.2. The van der Waals surface area contributed by atoms with Gasteiger partial charge in [-0.2, -0.15) is 5.10 Å². The third kappa shape index (κ3) is 4.40. The maximum Gasteiger partial charge on any atom is 0.219 e. The average molecular weight is 479 g/mol. The number of nitrogens with one attached hydrogen (secondary N) is 1. The number of rotatable bonds is 8. The van der Waals surface area contributed by atoms with Crippen LogP contribution in [0.25, 0.3) is 27.7 Å². The molecular weight excluding hydrogens is 452 g/mol. The smallest absolute Gasteiger partial charge is 0.219 e. The molecule has 34 heavy (non-hydrogen) atoms. The Kier molecular flexibility index (Phi) is 6.04. The molecule has 7 nitrogen and oxygen atoms in total. The lowest BCUT2D eigenvalue weighted by molar-refractivity contribution is 0.293. The molecule has 2 heterocycles. The number of H-pyrrole nitrogens is 1. The summed E-state index contributed by atoms with van der Waals surface area (Å²) >= 11 is 6.44. The van der Waals surface area contributed by atoms with Gasteiger partial charge < -0.3 is 14.5 Å². The summed E-state index contributed by atoms with van der Waals surface area (Å²) in [5.41, 5.74) is 3.37. The van der Waals surface area contributed by atoms with Crippen molar-refractivity contribution in [2.75, 3.05) is 13.2 Å². The van der Waals surface area contributed by atoms with Crippen LogP contribution in [0.5, 0.6) is 5.75 Å². The van der Waals surface area contributed by atoms with Crippen LogP contribution in [0.3, 0.4) is 0 Å². The SMILES string of the molecule is CCOC(=C(C)C)c1nn(Cc2nc3cc(OCC4CC4)c(Cl)cc3[nH]2)c2ccccc2c1=O. The van der Waals surface area contributed by atoms with Gasteiger partial charge in [0.25, 0.3) is 0 Å². The van der Waals surface area contributed by atoms with Gasteiger partial charge in [0.1, 0.15) is 17.3 Å². The van der Waals surface area contributed by atoms with Crippen LogP contribution in [-0.2, 0) is 11.3 Å². The van der Waals surface area contributed by atoms with Crippen LogP contribution in [0, 0.1) is 5.92 Å². The van der Waals surface area contributed by atoms with E-state index in [2.05, 4.69) is 4.98 Å². The molecule has 0 bridgehead atoms. The first-order valence-corrected chi connectivity index (χ1v) is 11.9. The molecule has 4 aromatic rings. The minimum atomic E-state index is -0.148. The number of hydrogen-bond acceptors (Lipinski definition) is 5. The van der Waals surface area contributed by atoms with Crippen LogP contribution in [0.1, 0.15) is 45.1 Å². The number of imidazole rings is 1. The second-order valence-corrected chi connectivity index (χ2v) is 9.26. The molecule has 5 rings (SSSR count). The van der Waals surface area contributed by atoms with E-state index in [1.165, 1.54) is 12.8 Å².